The van der Waals surface area contributed by atoms with Crippen LogP contribution >= 0.6 is 0 Å². The summed E-state index contributed by atoms with van der Waals surface area (Å²) < 4.78 is 19.1. The van der Waals surface area contributed by atoms with E-state index < -0.39 is 0 Å². The van der Waals surface area contributed by atoms with Crippen molar-refractivity contribution in [2.75, 3.05) is 0 Å². The maximum Gasteiger partial charge on any atom is 0.131 e. The molecule has 1 heterocycles. The van der Waals surface area contributed by atoms with E-state index in [0.717, 1.165) is 0 Å². The maximum absolute atomic E-state index is 13.4. The molecule has 0 aromatic heterocycles. The second-order valence-electron chi connectivity index (χ2n) is 4.32. The molecule has 0 aliphatic carbocycles. The zero-order valence-electron chi connectivity index (χ0n) is 8.38. The van der Waals surface area contributed by atoms with E-state index in [2.05, 4.69) is 0 Å². The van der Waals surface area contributed by atoms with Gasteiger partial charge in [0, 0.05) is 18.0 Å². The number of ether oxygens (including phenoxy) is 1. The highest BCUT2D eigenvalue weighted by Crippen LogP contribution is 2.39. The van der Waals surface area contributed by atoms with E-state index in [0.29, 0.717) is 17.7 Å². The van der Waals surface area contributed by atoms with Crippen LogP contribution < -0.4 is 10.5 Å². The minimum Gasteiger partial charge on any atom is -0.487 e. The number of benzene rings is 1. The normalized spacial score (nSPS) is 23.9. The van der Waals surface area contributed by atoms with Crippen molar-refractivity contribution >= 4 is 0 Å². The van der Waals surface area contributed by atoms with Crippen LogP contribution in [0.3, 0.4) is 0 Å². The van der Waals surface area contributed by atoms with E-state index in [1.807, 2.05) is 13.8 Å². The van der Waals surface area contributed by atoms with E-state index in [1.165, 1.54) is 6.07 Å². The van der Waals surface area contributed by atoms with Crippen LogP contribution in [0.1, 0.15) is 31.9 Å². The molecule has 2 nitrogen and oxygen atoms in total. The van der Waals surface area contributed by atoms with E-state index in [-0.39, 0.29) is 17.5 Å². The summed E-state index contributed by atoms with van der Waals surface area (Å²) in [7, 11) is 0. The number of hydrogen-bond acceptors (Lipinski definition) is 2. The number of nitrogens with two attached hydrogens (primary N) is 1. The molecule has 1 aromatic rings. The van der Waals surface area contributed by atoms with Crippen LogP contribution in [-0.4, -0.2) is 5.60 Å². The first-order valence-corrected chi connectivity index (χ1v) is 4.73. The van der Waals surface area contributed by atoms with Crippen LogP contribution in [-0.2, 0) is 0 Å². The minimum absolute atomic E-state index is 0.269. The predicted molar refractivity (Wildman–Crippen MR) is 52.7 cm³/mol. The van der Waals surface area contributed by atoms with Gasteiger partial charge >= 0.3 is 0 Å². The highest BCUT2D eigenvalue weighted by Gasteiger charge is 2.33. The van der Waals surface area contributed by atoms with Crippen molar-refractivity contribution in [3.05, 3.63) is 29.6 Å². The van der Waals surface area contributed by atoms with Crippen molar-refractivity contribution in [1.82, 2.24) is 0 Å². The Bertz CT molecular complexity index is 362. The lowest BCUT2D eigenvalue weighted by Crippen LogP contribution is -2.37. The lowest BCUT2D eigenvalue weighted by atomic mass is 9.90. The van der Waals surface area contributed by atoms with Crippen molar-refractivity contribution in [2.45, 2.75) is 31.9 Å². The molecule has 3 heteroatoms. The Morgan fingerprint density at radius 3 is 2.93 bits per heavy atom. The molecule has 0 bridgehead atoms. The third-order valence-corrected chi connectivity index (χ3v) is 2.48. The van der Waals surface area contributed by atoms with Crippen LogP contribution in [0.15, 0.2) is 18.2 Å². The fraction of sp³-hybridized carbons (Fsp3) is 0.455. The Morgan fingerprint density at radius 2 is 2.21 bits per heavy atom. The van der Waals surface area contributed by atoms with Gasteiger partial charge in [0.25, 0.3) is 0 Å². The van der Waals surface area contributed by atoms with Crippen molar-refractivity contribution in [3.63, 3.8) is 0 Å². The summed E-state index contributed by atoms with van der Waals surface area (Å²) in [5, 5.41) is 0. The quantitative estimate of drug-likeness (QED) is 0.689. The molecule has 1 aromatic carbocycles. The lowest BCUT2D eigenvalue weighted by Gasteiger charge is -2.36. The SMILES string of the molecule is CC1(C)C[C@H](N)c2c(F)cccc2O1. The fourth-order valence-electron chi connectivity index (χ4n) is 1.94. The van der Waals surface area contributed by atoms with Gasteiger partial charge in [0.15, 0.2) is 0 Å². The molecule has 2 N–H and O–H groups in total. The molecule has 1 aliphatic rings. The Morgan fingerprint density at radius 1 is 1.50 bits per heavy atom. The van der Waals surface area contributed by atoms with Gasteiger partial charge in [0.2, 0.25) is 0 Å². The van der Waals surface area contributed by atoms with Gasteiger partial charge in [-0.3, -0.25) is 0 Å². The van der Waals surface area contributed by atoms with E-state index in [4.69, 9.17) is 10.5 Å². The highest BCUT2D eigenvalue weighted by atomic mass is 19.1. The second kappa shape index (κ2) is 2.95. The zero-order chi connectivity index (χ0) is 10.3. The van der Waals surface area contributed by atoms with Crippen LogP contribution in [0.5, 0.6) is 5.75 Å². The summed E-state index contributed by atoms with van der Waals surface area (Å²) in [5.74, 6) is 0.305. The first kappa shape index (κ1) is 9.46. The Balaban J connectivity index is 2.50. The Kier molecular flexibility index (Phi) is 2.00. The summed E-state index contributed by atoms with van der Waals surface area (Å²) in [6.07, 6.45) is 0.640. The summed E-state index contributed by atoms with van der Waals surface area (Å²) in [6.45, 7) is 3.92. The number of hydrogen-bond donors (Lipinski definition) is 1. The molecule has 1 aliphatic heterocycles. The third kappa shape index (κ3) is 1.48. The Hall–Kier alpha value is -1.09. The van der Waals surface area contributed by atoms with Gasteiger partial charge in [-0.05, 0) is 26.0 Å². The van der Waals surface area contributed by atoms with Crippen LogP contribution in [0, 0.1) is 5.82 Å². The number of fused-ring (bicyclic) bond motifs is 1. The van der Waals surface area contributed by atoms with Crippen LogP contribution in [0.2, 0.25) is 0 Å². The van der Waals surface area contributed by atoms with Crippen molar-refractivity contribution in [1.29, 1.82) is 0 Å². The first-order chi connectivity index (χ1) is 6.49. The van der Waals surface area contributed by atoms with E-state index in [1.54, 1.807) is 12.1 Å². The van der Waals surface area contributed by atoms with Gasteiger partial charge in [-0.2, -0.15) is 0 Å². The molecule has 1 atom stereocenters. The molecule has 0 unspecified atom stereocenters. The van der Waals surface area contributed by atoms with Crippen LogP contribution in [0.25, 0.3) is 0 Å². The summed E-state index contributed by atoms with van der Waals surface area (Å²) in [6, 6.07) is 4.55. The molecule has 14 heavy (non-hydrogen) atoms. The van der Waals surface area contributed by atoms with Crippen molar-refractivity contribution in [3.8, 4) is 5.75 Å². The monoisotopic (exact) mass is 195 g/mol. The average molecular weight is 195 g/mol. The number of halogens is 1. The second-order valence-corrected chi connectivity index (χ2v) is 4.32. The third-order valence-electron chi connectivity index (χ3n) is 2.48. The molecule has 0 saturated heterocycles. The molecule has 0 fully saturated rings. The highest BCUT2D eigenvalue weighted by molar-refractivity contribution is 5.39. The summed E-state index contributed by atoms with van der Waals surface area (Å²) >= 11 is 0. The van der Waals surface area contributed by atoms with E-state index >= 15 is 0 Å². The van der Waals surface area contributed by atoms with E-state index in [9.17, 15) is 4.39 Å². The minimum atomic E-state index is -0.305. The zero-order valence-corrected chi connectivity index (χ0v) is 8.38. The summed E-state index contributed by atoms with van der Waals surface area (Å²) in [4.78, 5) is 0. The van der Waals surface area contributed by atoms with Gasteiger partial charge in [-0.1, -0.05) is 6.07 Å². The number of rotatable bonds is 0. The molecule has 2 rings (SSSR count). The largest absolute Gasteiger partial charge is 0.487 e. The van der Waals surface area contributed by atoms with Gasteiger partial charge in [0.05, 0.1) is 0 Å². The topological polar surface area (TPSA) is 35.2 Å². The molecule has 0 saturated carbocycles. The van der Waals surface area contributed by atoms with Gasteiger partial charge in [-0.25, -0.2) is 4.39 Å². The first-order valence-electron chi connectivity index (χ1n) is 4.73. The molecule has 76 valence electrons. The molecule has 0 amide bonds. The Labute approximate surface area is 82.9 Å². The van der Waals surface area contributed by atoms with Crippen molar-refractivity contribution < 1.29 is 9.13 Å². The summed E-state index contributed by atoms with van der Waals surface area (Å²) in [5.41, 5.74) is 6.10. The molecule has 0 radical (unpaired) electrons. The van der Waals surface area contributed by atoms with Gasteiger partial charge in [-0.15, -0.1) is 0 Å². The lowest BCUT2D eigenvalue weighted by molar-refractivity contribution is 0.0712. The smallest absolute Gasteiger partial charge is 0.131 e. The standard InChI is InChI=1S/C11H14FNO/c1-11(2)6-8(13)10-7(12)4-3-5-9(10)14-11/h3-5,8H,6,13H2,1-2H3/t8-/m0/s1. The molecular formula is C11H14FNO. The van der Waals surface area contributed by atoms with Crippen LogP contribution in [0.4, 0.5) is 4.39 Å². The maximum atomic E-state index is 13.4. The van der Waals surface area contributed by atoms with Gasteiger partial charge in [0.1, 0.15) is 17.2 Å². The van der Waals surface area contributed by atoms with Gasteiger partial charge < -0.3 is 10.5 Å². The molecule has 0 spiro atoms. The molecular weight excluding hydrogens is 181 g/mol. The fourth-order valence-corrected chi connectivity index (χ4v) is 1.94. The predicted octanol–water partition coefficient (Wildman–Crippen LogP) is 2.39. The van der Waals surface area contributed by atoms with Crippen molar-refractivity contribution in [2.24, 2.45) is 5.73 Å². The average Bonchev–Trinajstić information content (AvgIpc) is 2.00.